The number of hydrogen-bond acceptors (Lipinski definition) is 0. The average Bonchev–Trinajstić information content (AvgIpc) is 2.78. The van der Waals surface area contributed by atoms with E-state index in [0.717, 1.165) is 11.8 Å². The number of H-pyrrole nitrogens is 1. The van der Waals surface area contributed by atoms with E-state index in [1.807, 2.05) is 0 Å². The standard InChI is InChI=1S/C19H35N/c1-14(18(3,4)5)12-16(17-10-9-11-20-17)13-15(2)19(6,7)8/h9-11,14-16,20H,12-13H2,1-8H3. The van der Waals surface area contributed by atoms with E-state index < -0.39 is 0 Å². The van der Waals surface area contributed by atoms with Gasteiger partial charge in [-0.3, -0.25) is 0 Å². The molecule has 0 amide bonds. The Hall–Kier alpha value is -0.720. The molecule has 0 bridgehead atoms. The highest BCUT2D eigenvalue weighted by molar-refractivity contribution is 5.10. The Morgan fingerprint density at radius 3 is 1.65 bits per heavy atom. The molecule has 1 aromatic rings. The van der Waals surface area contributed by atoms with E-state index in [-0.39, 0.29) is 0 Å². The second kappa shape index (κ2) is 6.37. The van der Waals surface area contributed by atoms with Crippen LogP contribution in [0.15, 0.2) is 18.3 Å². The SMILES string of the molecule is CC(CC(CC(C)C(C)(C)C)c1ccc[nH]1)C(C)(C)C. The first-order valence-electron chi connectivity index (χ1n) is 8.15. The van der Waals surface area contributed by atoms with Gasteiger partial charge >= 0.3 is 0 Å². The van der Waals surface area contributed by atoms with Crippen LogP contribution in [0.1, 0.15) is 79.8 Å². The van der Waals surface area contributed by atoms with Gasteiger partial charge in [-0.25, -0.2) is 0 Å². The second-order valence-corrected chi connectivity index (χ2v) is 8.83. The third-order valence-corrected chi connectivity index (χ3v) is 5.29. The van der Waals surface area contributed by atoms with Crippen LogP contribution in [0.25, 0.3) is 0 Å². The third kappa shape index (κ3) is 5.00. The van der Waals surface area contributed by atoms with E-state index in [4.69, 9.17) is 0 Å². The lowest BCUT2D eigenvalue weighted by molar-refractivity contribution is 0.191. The van der Waals surface area contributed by atoms with Crippen LogP contribution in [-0.2, 0) is 0 Å². The van der Waals surface area contributed by atoms with E-state index >= 15 is 0 Å². The smallest absolute Gasteiger partial charge is 0.0178 e. The molecule has 1 heteroatoms. The van der Waals surface area contributed by atoms with Crippen LogP contribution in [0, 0.1) is 22.7 Å². The highest BCUT2D eigenvalue weighted by Gasteiger charge is 2.29. The van der Waals surface area contributed by atoms with E-state index in [1.54, 1.807) is 0 Å². The lowest BCUT2D eigenvalue weighted by Crippen LogP contribution is -2.24. The molecule has 0 aromatic carbocycles. The Morgan fingerprint density at radius 2 is 1.35 bits per heavy atom. The van der Waals surface area contributed by atoms with Gasteiger partial charge < -0.3 is 4.98 Å². The molecule has 1 aromatic heterocycles. The largest absolute Gasteiger partial charge is 0.365 e. The molecule has 0 saturated carbocycles. The van der Waals surface area contributed by atoms with Crippen molar-refractivity contribution in [2.45, 2.75) is 74.1 Å². The van der Waals surface area contributed by atoms with Crippen LogP contribution in [0.4, 0.5) is 0 Å². The summed E-state index contributed by atoms with van der Waals surface area (Å²) in [5, 5.41) is 0. The van der Waals surface area contributed by atoms with Crippen molar-refractivity contribution in [3.63, 3.8) is 0 Å². The molecule has 1 heterocycles. The predicted molar refractivity (Wildman–Crippen MR) is 90.0 cm³/mol. The van der Waals surface area contributed by atoms with E-state index in [1.165, 1.54) is 18.5 Å². The monoisotopic (exact) mass is 277 g/mol. The van der Waals surface area contributed by atoms with Crippen molar-refractivity contribution in [3.8, 4) is 0 Å². The van der Waals surface area contributed by atoms with Crippen LogP contribution in [0.2, 0.25) is 0 Å². The average molecular weight is 277 g/mol. The molecule has 0 spiro atoms. The lowest BCUT2D eigenvalue weighted by Gasteiger charge is -2.34. The maximum atomic E-state index is 3.45. The van der Waals surface area contributed by atoms with Gasteiger partial charge in [-0.05, 0) is 53.6 Å². The van der Waals surface area contributed by atoms with Gasteiger partial charge in [0.05, 0.1) is 0 Å². The normalized spacial score (nSPS) is 17.8. The van der Waals surface area contributed by atoms with Gasteiger partial charge in [0.25, 0.3) is 0 Å². The molecular formula is C19H35N. The van der Waals surface area contributed by atoms with Crippen molar-refractivity contribution in [1.29, 1.82) is 0 Å². The van der Waals surface area contributed by atoms with Crippen LogP contribution < -0.4 is 0 Å². The van der Waals surface area contributed by atoms with Crippen molar-refractivity contribution in [2.24, 2.45) is 22.7 Å². The molecule has 0 aliphatic heterocycles. The number of aromatic nitrogens is 1. The minimum Gasteiger partial charge on any atom is -0.365 e. The first-order chi connectivity index (χ1) is 9.01. The highest BCUT2D eigenvalue weighted by Crippen LogP contribution is 2.40. The maximum Gasteiger partial charge on any atom is 0.0178 e. The quantitative estimate of drug-likeness (QED) is 0.655. The Labute approximate surface area is 126 Å². The first kappa shape index (κ1) is 17.3. The molecule has 0 radical (unpaired) electrons. The van der Waals surface area contributed by atoms with Crippen molar-refractivity contribution < 1.29 is 0 Å². The predicted octanol–water partition coefficient (Wildman–Crippen LogP) is 6.24. The molecule has 0 aliphatic rings. The molecular weight excluding hydrogens is 242 g/mol. The van der Waals surface area contributed by atoms with Crippen molar-refractivity contribution >= 4 is 0 Å². The molecule has 0 fully saturated rings. The van der Waals surface area contributed by atoms with Crippen molar-refractivity contribution in [1.82, 2.24) is 4.98 Å². The molecule has 0 aliphatic carbocycles. The van der Waals surface area contributed by atoms with E-state index in [9.17, 15) is 0 Å². The zero-order valence-corrected chi connectivity index (χ0v) is 14.9. The Balaban J connectivity index is 2.83. The first-order valence-corrected chi connectivity index (χ1v) is 8.15. The summed E-state index contributed by atoms with van der Waals surface area (Å²) >= 11 is 0. The molecule has 116 valence electrons. The summed E-state index contributed by atoms with van der Waals surface area (Å²) < 4.78 is 0. The van der Waals surface area contributed by atoms with Crippen molar-refractivity contribution in [2.75, 3.05) is 0 Å². The highest BCUT2D eigenvalue weighted by atomic mass is 14.7. The molecule has 1 nitrogen and oxygen atoms in total. The molecule has 20 heavy (non-hydrogen) atoms. The summed E-state index contributed by atoms with van der Waals surface area (Å²) in [5.74, 6) is 2.10. The summed E-state index contributed by atoms with van der Waals surface area (Å²) in [6.45, 7) is 18.9. The van der Waals surface area contributed by atoms with Gasteiger partial charge in [-0.15, -0.1) is 0 Å². The summed E-state index contributed by atoms with van der Waals surface area (Å²) in [5.41, 5.74) is 2.18. The van der Waals surface area contributed by atoms with Gasteiger partial charge in [0.1, 0.15) is 0 Å². The van der Waals surface area contributed by atoms with Gasteiger partial charge in [-0.2, -0.15) is 0 Å². The summed E-state index contributed by atoms with van der Waals surface area (Å²) in [7, 11) is 0. The fourth-order valence-electron chi connectivity index (χ4n) is 2.51. The fraction of sp³-hybridized carbons (Fsp3) is 0.789. The number of nitrogens with one attached hydrogen (secondary N) is 1. The third-order valence-electron chi connectivity index (χ3n) is 5.29. The lowest BCUT2D eigenvalue weighted by atomic mass is 9.71. The second-order valence-electron chi connectivity index (χ2n) is 8.83. The molecule has 1 rings (SSSR count). The summed E-state index contributed by atoms with van der Waals surface area (Å²) in [6, 6.07) is 4.39. The van der Waals surface area contributed by atoms with Crippen LogP contribution in [0.3, 0.4) is 0 Å². The van der Waals surface area contributed by atoms with Crippen molar-refractivity contribution in [3.05, 3.63) is 24.0 Å². The van der Waals surface area contributed by atoms with Gasteiger partial charge in [0.2, 0.25) is 0 Å². The summed E-state index contributed by atoms with van der Waals surface area (Å²) in [4.78, 5) is 3.45. The van der Waals surface area contributed by atoms with Crippen LogP contribution in [-0.4, -0.2) is 4.98 Å². The van der Waals surface area contributed by atoms with Crippen LogP contribution in [0.5, 0.6) is 0 Å². The molecule has 0 saturated heterocycles. The minimum absolute atomic E-state index is 0.385. The molecule has 1 N–H and O–H groups in total. The van der Waals surface area contributed by atoms with Crippen LogP contribution >= 0.6 is 0 Å². The topological polar surface area (TPSA) is 15.8 Å². The van der Waals surface area contributed by atoms with Gasteiger partial charge in [-0.1, -0.05) is 55.4 Å². The van der Waals surface area contributed by atoms with Gasteiger partial charge in [0.15, 0.2) is 0 Å². The Kier molecular flexibility index (Phi) is 5.52. The molecule has 2 atom stereocenters. The van der Waals surface area contributed by atoms with E-state index in [0.29, 0.717) is 16.7 Å². The number of rotatable bonds is 5. The van der Waals surface area contributed by atoms with Gasteiger partial charge in [0, 0.05) is 11.9 Å². The maximum absolute atomic E-state index is 3.45. The zero-order valence-electron chi connectivity index (χ0n) is 14.9. The summed E-state index contributed by atoms with van der Waals surface area (Å²) in [6.07, 6.45) is 4.60. The van der Waals surface area contributed by atoms with E-state index in [2.05, 4.69) is 78.7 Å². The minimum atomic E-state index is 0.385. The number of aromatic amines is 1. The Morgan fingerprint density at radius 1 is 0.900 bits per heavy atom. The number of hydrogen-bond donors (Lipinski definition) is 1. The fourth-order valence-corrected chi connectivity index (χ4v) is 2.51. The zero-order chi connectivity index (χ0) is 15.6. The molecule has 2 unspecified atom stereocenters. The Bertz CT molecular complexity index is 353.